The number of ether oxygens (including phenoxy) is 2. The number of esters is 1. The Balaban J connectivity index is 1.56. The van der Waals surface area contributed by atoms with Crippen molar-refractivity contribution in [2.45, 2.75) is 6.42 Å². The summed E-state index contributed by atoms with van der Waals surface area (Å²) in [4.78, 5) is 38.1. The van der Waals surface area contributed by atoms with Gasteiger partial charge >= 0.3 is 5.97 Å². The summed E-state index contributed by atoms with van der Waals surface area (Å²) < 4.78 is 10.4. The molecule has 0 radical (unpaired) electrons. The lowest BCUT2D eigenvalue weighted by molar-refractivity contribution is -0.151. The number of nitrogens with one attached hydrogen (secondary N) is 1. The van der Waals surface area contributed by atoms with Crippen LogP contribution in [0.5, 0.6) is 5.75 Å². The molecule has 1 N–H and O–H groups in total. The van der Waals surface area contributed by atoms with E-state index >= 15 is 0 Å². The Hall–Kier alpha value is -3.06. The third-order valence-electron chi connectivity index (χ3n) is 4.33. The largest absolute Gasteiger partial charge is 0.495 e. The monoisotopic (exact) mass is 402 g/mol. The zero-order valence-corrected chi connectivity index (χ0v) is 15.9. The summed E-state index contributed by atoms with van der Waals surface area (Å²) in [6.45, 7) is -0.284. The Morgan fingerprint density at radius 3 is 2.64 bits per heavy atom. The SMILES string of the molecule is COc1ccccc1N1C[C@@H](C(=O)OCC(=O)Nc2ccccc2Cl)CC1=O. The number of nitrogens with zero attached hydrogens (tertiary/aromatic N) is 1. The van der Waals surface area contributed by atoms with Gasteiger partial charge in [0.2, 0.25) is 5.91 Å². The molecule has 1 heterocycles. The van der Waals surface area contributed by atoms with Gasteiger partial charge in [-0.3, -0.25) is 14.4 Å². The van der Waals surface area contributed by atoms with Crippen molar-refractivity contribution in [1.82, 2.24) is 0 Å². The van der Waals surface area contributed by atoms with Gasteiger partial charge in [-0.1, -0.05) is 35.9 Å². The summed E-state index contributed by atoms with van der Waals surface area (Å²) in [5, 5.41) is 2.96. The van der Waals surface area contributed by atoms with E-state index in [0.717, 1.165) is 0 Å². The molecule has 7 nitrogen and oxygen atoms in total. The summed E-state index contributed by atoms with van der Waals surface area (Å²) in [7, 11) is 1.52. The van der Waals surface area contributed by atoms with Gasteiger partial charge in [0, 0.05) is 13.0 Å². The molecule has 0 aliphatic carbocycles. The maximum absolute atomic E-state index is 12.3. The first kappa shape index (κ1) is 19.7. The minimum absolute atomic E-state index is 0.0169. The van der Waals surface area contributed by atoms with Crippen LogP contribution in [0.15, 0.2) is 48.5 Å². The molecule has 0 saturated carbocycles. The molecule has 2 aromatic carbocycles. The van der Waals surface area contributed by atoms with Gasteiger partial charge in [-0.05, 0) is 24.3 Å². The number of benzene rings is 2. The van der Waals surface area contributed by atoms with Crippen LogP contribution in [0.3, 0.4) is 0 Å². The number of methoxy groups -OCH3 is 1. The Kier molecular flexibility index (Phi) is 6.16. The van der Waals surface area contributed by atoms with Crippen LogP contribution in [0.1, 0.15) is 6.42 Å². The summed E-state index contributed by atoms with van der Waals surface area (Å²) in [6, 6.07) is 13.8. The van der Waals surface area contributed by atoms with E-state index in [2.05, 4.69) is 5.32 Å². The maximum atomic E-state index is 12.3. The number of hydrogen-bond acceptors (Lipinski definition) is 5. The maximum Gasteiger partial charge on any atom is 0.311 e. The lowest BCUT2D eigenvalue weighted by atomic mass is 10.1. The standard InChI is InChI=1S/C20H19ClN2O5/c1-27-17-9-5-4-8-16(17)23-11-13(10-19(23)25)20(26)28-12-18(24)22-15-7-3-2-6-14(15)21/h2-9,13H,10-12H2,1H3,(H,22,24)/t13-/m0/s1. The number of para-hydroxylation sites is 3. The van der Waals surface area contributed by atoms with E-state index in [-0.39, 0.29) is 18.9 Å². The van der Waals surface area contributed by atoms with Crippen molar-refractivity contribution in [2.75, 3.05) is 30.5 Å². The van der Waals surface area contributed by atoms with Crippen molar-refractivity contribution >= 4 is 40.8 Å². The molecule has 3 rings (SSSR count). The molecule has 0 aromatic heterocycles. The number of hydrogen-bond donors (Lipinski definition) is 1. The van der Waals surface area contributed by atoms with Crippen LogP contribution in [0.2, 0.25) is 5.02 Å². The summed E-state index contributed by atoms with van der Waals surface area (Å²) >= 11 is 5.97. The fourth-order valence-electron chi connectivity index (χ4n) is 2.95. The van der Waals surface area contributed by atoms with Crippen LogP contribution in [0, 0.1) is 5.92 Å². The van der Waals surface area contributed by atoms with Crippen molar-refractivity contribution in [3.63, 3.8) is 0 Å². The lowest BCUT2D eigenvalue weighted by Gasteiger charge is -2.19. The number of rotatable bonds is 6. The Labute approximate surface area is 167 Å². The zero-order valence-electron chi connectivity index (χ0n) is 15.2. The highest BCUT2D eigenvalue weighted by Gasteiger charge is 2.37. The molecule has 1 saturated heterocycles. The zero-order chi connectivity index (χ0) is 20.1. The van der Waals surface area contributed by atoms with Crippen molar-refractivity contribution in [3.8, 4) is 5.75 Å². The van der Waals surface area contributed by atoms with Crippen molar-refractivity contribution < 1.29 is 23.9 Å². The molecule has 0 unspecified atom stereocenters. The molecule has 2 amide bonds. The van der Waals surface area contributed by atoms with E-state index in [1.165, 1.54) is 12.0 Å². The van der Waals surface area contributed by atoms with Gasteiger partial charge in [0.25, 0.3) is 5.91 Å². The molecule has 8 heteroatoms. The van der Waals surface area contributed by atoms with E-state index in [4.69, 9.17) is 21.1 Å². The molecular weight excluding hydrogens is 384 g/mol. The fraction of sp³-hybridized carbons (Fsp3) is 0.250. The number of anilines is 2. The first-order valence-corrected chi connectivity index (χ1v) is 9.01. The second-order valence-corrected chi connectivity index (χ2v) is 6.62. The Morgan fingerprint density at radius 1 is 1.18 bits per heavy atom. The van der Waals surface area contributed by atoms with Gasteiger partial charge in [-0.2, -0.15) is 0 Å². The van der Waals surface area contributed by atoms with E-state index in [9.17, 15) is 14.4 Å². The minimum Gasteiger partial charge on any atom is -0.495 e. The van der Waals surface area contributed by atoms with Gasteiger partial charge in [0.1, 0.15) is 5.75 Å². The quantitative estimate of drug-likeness (QED) is 0.751. The Bertz CT molecular complexity index is 902. The molecule has 146 valence electrons. The molecule has 1 aliphatic heterocycles. The molecule has 1 aliphatic rings. The molecule has 1 atom stereocenters. The molecule has 28 heavy (non-hydrogen) atoms. The van der Waals surface area contributed by atoms with E-state index in [1.807, 2.05) is 0 Å². The van der Waals surface area contributed by atoms with Gasteiger partial charge in [0.15, 0.2) is 6.61 Å². The third kappa shape index (κ3) is 4.43. The second-order valence-electron chi connectivity index (χ2n) is 6.21. The Morgan fingerprint density at radius 2 is 1.89 bits per heavy atom. The van der Waals surface area contributed by atoms with Crippen LogP contribution < -0.4 is 15.0 Å². The first-order chi connectivity index (χ1) is 13.5. The molecule has 0 bridgehead atoms. The van der Waals surface area contributed by atoms with Crippen molar-refractivity contribution in [2.24, 2.45) is 5.92 Å². The minimum atomic E-state index is -0.648. The van der Waals surface area contributed by atoms with Crippen LogP contribution in [-0.2, 0) is 19.1 Å². The average Bonchev–Trinajstić information content (AvgIpc) is 3.09. The van der Waals surface area contributed by atoms with Crippen LogP contribution in [0.25, 0.3) is 0 Å². The molecular formula is C20H19ClN2O5. The number of carbonyl (C=O) groups excluding carboxylic acids is 3. The van der Waals surface area contributed by atoms with Crippen molar-refractivity contribution in [1.29, 1.82) is 0 Å². The molecule has 0 spiro atoms. The predicted molar refractivity (Wildman–Crippen MR) is 104 cm³/mol. The normalized spacial score (nSPS) is 16.0. The summed E-state index contributed by atoms with van der Waals surface area (Å²) in [5.41, 5.74) is 1.03. The smallest absolute Gasteiger partial charge is 0.311 e. The second kappa shape index (κ2) is 8.75. The van der Waals surface area contributed by atoms with Crippen molar-refractivity contribution in [3.05, 3.63) is 53.6 Å². The average molecular weight is 403 g/mol. The van der Waals surface area contributed by atoms with Crippen LogP contribution in [-0.4, -0.2) is 38.0 Å². The number of halogens is 1. The first-order valence-electron chi connectivity index (χ1n) is 8.64. The molecule has 2 aromatic rings. The van der Waals surface area contributed by atoms with Gasteiger partial charge < -0.3 is 19.7 Å². The van der Waals surface area contributed by atoms with Crippen LogP contribution >= 0.6 is 11.6 Å². The van der Waals surface area contributed by atoms with Crippen LogP contribution in [0.4, 0.5) is 11.4 Å². The predicted octanol–water partition coefficient (Wildman–Crippen LogP) is 2.88. The van der Waals surface area contributed by atoms with E-state index < -0.39 is 24.4 Å². The third-order valence-corrected chi connectivity index (χ3v) is 4.66. The highest BCUT2D eigenvalue weighted by atomic mass is 35.5. The van der Waals surface area contributed by atoms with Gasteiger partial charge in [-0.15, -0.1) is 0 Å². The number of carbonyl (C=O) groups is 3. The van der Waals surface area contributed by atoms with Gasteiger partial charge in [-0.25, -0.2) is 0 Å². The topological polar surface area (TPSA) is 84.9 Å². The lowest BCUT2D eigenvalue weighted by Crippen LogP contribution is -2.28. The highest BCUT2D eigenvalue weighted by molar-refractivity contribution is 6.33. The highest BCUT2D eigenvalue weighted by Crippen LogP contribution is 2.33. The van der Waals surface area contributed by atoms with Gasteiger partial charge in [0.05, 0.1) is 29.4 Å². The fourth-order valence-corrected chi connectivity index (χ4v) is 3.14. The van der Waals surface area contributed by atoms with E-state index in [1.54, 1.807) is 48.5 Å². The summed E-state index contributed by atoms with van der Waals surface area (Å²) in [5.74, 6) is -1.41. The van der Waals surface area contributed by atoms with E-state index in [0.29, 0.717) is 22.1 Å². The number of amides is 2. The molecule has 1 fully saturated rings. The summed E-state index contributed by atoms with van der Waals surface area (Å²) in [6.07, 6.45) is 0.0169.